The van der Waals surface area contributed by atoms with Gasteiger partial charge < -0.3 is 5.32 Å². The second-order valence-electron chi connectivity index (χ2n) is 7.11. The maximum atomic E-state index is 12.8. The summed E-state index contributed by atoms with van der Waals surface area (Å²) in [5, 5.41) is 6.03. The molecule has 0 radical (unpaired) electrons. The predicted octanol–water partition coefficient (Wildman–Crippen LogP) is 4.97. The minimum Gasteiger partial charge on any atom is -0.301 e. The number of aryl methyl sites for hydroxylation is 1. The summed E-state index contributed by atoms with van der Waals surface area (Å²) in [6, 6.07) is 15.4. The summed E-state index contributed by atoms with van der Waals surface area (Å²) in [4.78, 5) is 34.7. The minimum absolute atomic E-state index is 0.0918. The molecule has 158 valence electrons. The Kier molecular flexibility index (Phi) is 6.20. The summed E-state index contributed by atoms with van der Waals surface area (Å²) in [5.41, 5.74) is 3.57. The van der Waals surface area contributed by atoms with Gasteiger partial charge in [0.1, 0.15) is 0 Å². The monoisotopic (exact) mass is 450 g/mol. The third-order valence-corrected chi connectivity index (χ3v) is 6.72. The van der Waals surface area contributed by atoms with Crippen molar-refractivity contribution in [3.8, 4) is 11.3 Å². The third-order valence-electron chi connectivity index (χ3n) is 4.88. The Bertz CT molecular complexity index is 1300. The number of carbonyl (C=O) groups is 1. The summed E-state index contributed by atoms with van der Waals surface area (Å²) in [7, 11) is 0. The van der Waals surface area contributed by atoms with Crippen LogP contribution in [0.15, 0.2) is 63.9 Å². The van der Waals surface area contributed by atoms with E-state index < -0.39 is 5.25 Å². The van der Waals surface area contributed by atoms with Gasteiger partial charge in [-0.05, 0) is 32.9 Å². The number of thiazole rings is 1. The molecule has 4 aromatic rings. The van der Waals surface area contributed by atoms with E-state index in [9.17, 15) is 9.59 Å². The number of hydrogen-bond donors (Lipinski definition) is 1. The number of nitrogens with zero attached hydrogens (tertiary/aromatic N) is 3. The number of benzene rings is 2. The van der Waals surface area contributed by atoms with Gasteiger partial charge in [-0.2, -0.15) is 0 Å². The van der Waals surface area contributed by atoms with Crippen LogP contribution in [-0.2, 0) is 11.3 Å². The van der Waals surface area contributed by atoms with E-state index in [1.165, 1.54) is 28.7 Å². The van der Waals surface area contributed by atoms with Gasteiger partial charge >= 0.3 is 0 Å². The van der Waals surface area contributed by atoms with Gasteiger partial charge in [-0.25, -0.2) is 9.97 Å². The number of hydrogen-bond acceptors (Lipinski definition) is 6. The number of amides is 1. The second-order valence-corrected chi connectivity index (χ2v) is 9.28. The lowest BCUT2D eigenvalue weighted by atomic mass is 10.1. The molecule has 0 aliphatic carbocycles. The topological polar surface area (TPSA) is 76.9 Å². The Hall–Kier alpha value is -2.97. The normalized spacial score (nSPS) is 12.1. The summed E-state index contributed by atoms with van der Waals surface area (Å²) in [6.45, 7) is 6.22. The van der Waals surface area contributed by atoms with Crippen LogP contribution in [0.5, 0.6) is 0 Å². The van der Waals surface area contributed by atoms with Gasteiger partial charge in [0.25, 0.3) is 5.56 Å². The molecule has 2 aromatic carbocycles. The predicted molar refractivity (Wildman–Crippen MR) is 128 cm³/mol. The highest BCUT2D eigenvalue weighted by molar-refractivity contribution is 8.00. The highest BCUT2D eigenvalue weighted by atomic mass is 32.2. The Balaban J connectivity index is 1.51. The maximum absolute atomic E-state index is 12.8. The third kappa shape index (κ3) is 4.55. The van der Waals surface area contributed by atoms with Crippen LogP contribution in [0.2, 0.25) is 0 Å². The molecule has 0 bridgehead atoms. The molecule has 2 heterocycles. The average molecular weight is 451 g/mol. The van der Waals surface area contributed by atoms with E-state index in [4.69, 9.17) is 0 Å². The zero-order valence-corrected chi connectivity index (χ0v) is 19.1. The van der Waals surface area contributed by atoms with Crippen molar-refractivity contribution in [1.82, 2.24) is 14.5 Å². The van der Waals surface area contributed by atoms with Crippen LogP contribution in [0.4, 0.5) is 5.13 Å². The van der Waals surface area contributed by atoms with E-state index in [1.807, 2.05) is 61.7 Å². The lowest BCUT2D eigenvalue weighted by Crippen LogP contribution is -2.26. The van der Waals surface area contributed by atoms with Crippen molar-refractivity contribution < 1.29 is 4.79 Å². The molecule has 0 aliphatic heterocycles. The number of aromatic nitrogens is 3. The van der Waals surface area contributed by atoms with Gasteiger partial charge in [-0.3, -0.25) is 14.2 Å². The number of para-hydroxylation sites is 1. The van der Waals surface area contributed by atoms with Gasteiger partial charge in [0.15, 0.2) is 10.3 Å². The van der Waals surface area contributed by atoms with E-state index in [-0.39, 0.29) is 11.5 Å². The molecule has 1 atom stereocenters. The largest absolute Gasteiger partial charge is 0.301 e. The molecule has 4 rings (SSSR count). The Labute approximate surface area is 188 Å². The average Bonchev–Trinajstić information content (AvgIpc) is 3.23. The first-order valence-electron chi connectivity index (χ1n) is 9.96. The SMILES string of the molecule is CCn1c(SC(C)C(=O)Nc2nc(-c3ccc(C)cc3)cs2)nc2ccccc2c1=O. The van der Waals surface area contributed by atoms with Crippen molar-refractivity contribution in [2.45, 2.75) is 37.7 Å². The number of anilines is 1. The highest BCUT2D eigenvalue weighted by Gasteiger charge is 2.20. The van der Waals surface area contributed by atoms with Crippen LogP contribution >= 0.6 is 23.1 Å². The van der Waals surface area contributed by atoms with Crippen LogP contribution in [0.25, 0.3) is 22.2 Å². The van der Waals surface area contributed by atoms with E-state index in [1.54, 1.807) is 17.6 Å². The number of carbonyl (C=O) groups excluding carboxylic acids is 1. The molecule has 31 heavy (non-hydrogen) atoms. The first-order valence-corrected chi connectivity index (χ1v) is 11.7. The summed E-state index contributed by atoms with van der Waals surface area (Å²) in [5.74, 6) is -0.181. The Morgan fingerprint density at radius 3 is 2.65 bits per heavy atom. The minimum atomic E-state index is -0.447. The molecule has 1 amide bonds. The molecule has 1 unspecified atom stereocenters. The van der Waals surface area contributed by atoms with Gasteiger partial charge in [0.2, 0.25) is 5.91 Å². The molecule has 6 nitrogen and oxygen atoms in total. The summed E-state index contributed by atoms with van der Waals surface area (Å²) < 4.78 is 1.61. The van der Waals surface area contributed by atoms with E-state index in [0.717, 1.165) is 11.3 Å². The number of thioether (sulfide) groups is 1. The molecule has 0 saturated heterocycles. The number of nitrogens with one attached hydrogen (secondary N) is 1. The molecule has 0 aliphatic rings. The molecular weight excluding hydrogens is 428 g/mol. The first-order chi connectivity index (χ1) is 15.0. The van der Waals surface area contributed by atoms with Crippen LogP contribution in [0.3, 0.4) is 0 Å². The van der Waals surface area contributed by atoms with Gasteiger partial charge in [0, 0.05) is 17.5 Å². The van der Waals surface area contributed by atoms with Crippen LogP contribution in [0, 0.1) is 6.92 Å². The molecule has 1 N–H and O–H groups in total. The molecule has 0 saturated carbocycles. The van der Waals surface area contributed by atoms with Crippen molar-refractivity contribution in [3.63, 3.8) is 0 Å². The van der Waals surface area contributed by atoms with Crippen molar-refractivity contribution in [2.24, 2.45) is 0 Å². The van der Waals surface area contributed by atoms with Crippen LogP contribution < -0.4 is 10.9 Å². The summed E-state index contributed by atoms with van der Waals surface area (Å²) in [6.07, 6.45) is 0. The quantitative estimate of drug-likeness (QED) is 0.332. The van der Waals surface area contributed by atoms with Crippen LogP contribution in [0.1, 0.15) is 19.4 Å². The fourth-order valence-corrected chi connectivity index (χ4v) is 4.82. The maximum Gasteiger partial charge on any atom is 0.262 e. The smallest absolute Gasteiger partial charge is 0.262 e. The number of rotatable bonds is 6. The Morgan fingerprint density at radius 2 is 1.90 bits per heavy atom. The lowest BCUT2D eigenvalue weighted by Gasteiger charge is -2.14. The van der Waals surface area contributed by atoms with Crippen molar-refractivity contribution in [1.29, 1.82) is 0 Å². The molecule has 0 spiro atoms. The van der Waals surface area contributed by atoms with Crippen molar-refractivity contribution in [3.05, 3.63) is 69.8 Å². The second kappa shape index (κ2) is 9.03. The fourth-order valence-electron chi connectivity index (χ4n) is 3.12. The lowest BCUT2D eigenvalue weighted by molar-refractivity contribution is -0.115. The summed E-state index contributed by atoms with van der Waals surface area (Å²) >= 11 is 2.66. The van der Waals surface area contributed by atoms with E-state index >= 15 is 0 Å². The van der Waals surface area contributed by atoms with Gasteiger partial charge in [-0.1, -0.05) is 53.7 Å². The fraction of sp³-hybridized carbons (Fsp3) is 0.217. The first kappa shape index (κ1) is 21.3. The van der Waals surface area contributed by atoms with Gasteiger partial charge in [-0.15, -0.1) is 11.3 Å². The zero-order valence-electron chi connectivity index (χ0n) is 17.5. The highest BCUT2D eigenvalue weighted by Crippen LogP contribution is 2.27. The molecule has 2 aromatic heterocycles. The van der Waals surface area contributed by atoms with Crippen molar-refractivity contribution in [2.75, 3.05) is 5.32 Å². The standard InChI is InChI=1S/C23H22N4O2S2/c1-4-27-21(29)17-7-5-6-8-18(17)25-23(27)31-15(3)20(28)26-22-24-19(13-30-22)16-11-9-14(2)10-12-16/h5-13,15H,4H2,1-3H3,(H,24,26,28). The van der Waals surface area contributed by atoms with Crippen molar-refractivity contribution >= 4 is 45.0 Å². The molecule has 0 fully saturated rings. The molecular formula is C23H22N4O2S2. The van der Waals surface area contributed by atoms with Crippen LogP contribution in [-0.4, -0.2) is 25.7 Å². The Morgan fingerprint density at radius 1 is 1.16 bits per heavy atom. The van der Waals surface area contributed by atoms with E-state index in [2.05, 4.69) is 15.3 Å². The van der Waals surface area contributed by atoms with E-state index in [0.29, 0.717) is 27.7 Å². The molecule has 8 heteroatoms. The number of fused-ring (bicyclic) bond motifs is 1. The van der Waals surface area contributed by atoms with Gasteiger partial charge in [0.05, 0.1) is 21.8 Å². The zero-order chi connectivity index (χ0) is 22.0.